The van der Waals surface area contributed by atoms with Gasteiger partial charge in [-0.05, 0) is 77.0 Å². The van der Waals surface area contributed by atoms with Crippen LogP contribution in [0.4, 0.5) is 0 Å². The van der Waals surface area contributed by atoms with Crippen molar-refractivity contribution < 1.29 is 24.2 Å². The fourth-order valence-electron chi connectivity index (χ4n) is 9.19. The van der Waals surface area contributed by atoms with Gasteiger partial charge in [0.05, 0.1) is 6.61 Å². The number of allylic oxidation sites excluding steroid dienone is 10. The standard InChI is InChI=1S/C65H118O5/c1-3-5-7-9-11-13-15-17-19-21-22-23-24-25-26-27-28-29-30-31-32-33-34-35-36-37-38-39-40-41-42-44-45-47-49-51-53-55-57-59-64(67)69-62-63(61-66)70-65(68)60-58-56-54-52-50-48-46-43-20-18-16-14-12-10-8-6-4-2/h6,8,12,14,18,20-22,46,48,63,66H,3-5,7,9-11,13,15-17,19,23-45,47,49-62H2,1-2H3/b8-6-,14-12-,20-18-,22-21-,48-46-. The van der Waals surface area contributed by atoms with Crippen LogP contribution in [-0.2, 0) is 19.1 Å². The van der Waals surface area contributed by atoms with E-state index >= 15 is 0 Å². The van der Waals surface area contributed by atoms with Crippen LogP contribution < -0.4 is 0 Å². The molecule has 0 saturated carbocycles. The number of aliphatic hydroxyl groups is 1. The van der Waals surface area contributed by atoms with Crippen LogP contribution >= 0.6 is 0 Å². The van der Waals surface area contributed by atoms with Gasteiger partial charge in [0.1, 0.15) is 6.61 Å². The number of aliphatic hydroxyl groups excluding tert-OH is 1. The average Bonchev–Trinajstić information content (AvgIpc) is 3.36. The molecule has 0 radical (unpaired) electrons. The zero-order valence-electron chi connectivity index (χ0n) is 46.8. The van der Waals surface area contributed by atoms with E-state index < -0.39 is 6.10 Å². The second kappa shape index (κ2) is 60.9. The molecule has 0 aliphatic heterocycles. The monoisotopic (exact) mass is 979 g/mol. The van der Waals surface area contributed by atoms with Gasteiger partial charge in [-0.2, -0.15) is 0 Å². The molecule has 1 unspecified atom stereocenters. The Morgan fingerprint density at radius 2 is 0.614 bits per heavy atom. The van der Waals surface area contributed by atoms with Crippen molar-refractivity contribution in [2.75, 3.05) is 13.2 Å². The molecule has 0 aliphatic carbocycles. The number of esters is 2. The summed E-state index contributed by atoms with van der Waals surface area (Å²) in [6, 6.07) is 0. The zero-order chi connectivity index (χ0) is 50.6. The van der Waals surface area contributed by atoms with Crippen LogP contribution in [0, 0.1) is 0 Å². The van der Waals surface area contributed by atoms with Crippen LogP contribution in [0.1, 0.15) is 322 Å². The first-order valence-corrected chi connectivity index (χ1v) is 30.8. The molecule has 408 valence electrons. The summed E-state index contributed by atoms with van der Waals surface area (Å²) in [5, 5.41) is 9.64. The molecule has 0 aromatic carbocycles. The van der Waals surface area contributed by atoms with Gasteiger partial charge in [0.25, 0.3) is 0 Å². The quantitative estimate of drug-likeness (QED) is 0.0373. The summed E-state index contributed by atoms with van der Waals surface area (Å²) in [4.78, 5) is 24.5. The maximum atomic E-state index is 12.3. The highest BCUT2D eigenvalue weighted by Crippen LogP contribution is 2.18. The minimum absolute atomic E-state index is 0.0746. The van der Waals surface area contributed by atoms with E-state index in [9.17, 15) is 14.7 Å². The molecule has 0 aliphatic rings. The van der Waals surface area contributed by atoms with E-state index in [1.807, 2.05) is 0 Å². The summed E-state index contributed by atoms with van der Waals surface area (Å²) in [5.74, 6) is -0.608. The van der Waals surface area contributed by atoms with E-state index in [1.54, 1.807) is 0 Å². The maximum absolute atomic E-state index is 12.3. The van der Waals surface area contributed by atoms with Crippen molar-refractivity contribution in [3.8, 4) is 0 Å². The van der Waals surface area contributed by atoms with Crippen LogP contribution in [-0.4, -0.2) is 36.4 Å². The van der Waals surface area contributed by atoms with Crippen LogP contribution in [0.25, 0.3) is 0 Å². The van der Waals surface area contributed by atoms with Crippen molar-refractivity contribution >= 4 is 11.9 Å². The molecule has 70 heavy (non-hydrogen) atoms. The number of ether oxygens (including phenoxy) is 2. The van der Waals surface area contributed by atoms with Gasteiger partial charge in [-0.1, -0.05) is 293 Å². The number of rotatable bonds is 57. The van der Waals surface area contributed by atoms with E-state index in [-0.39, 0.29) is 25.2 Å². The lowest BCUT2D eigenvalue weighted by atomic mass is 10.0. The molecule has 1 N–H and O–H groups in total. The molecule has 0 aromatic heterocycles. The highest BCUT2D eigenvalue weighted by molar-refractivity contribution is 5.70. The predicted molar refractivity (Wildman–Crippen MR) is 307 cm³/mol. The number of hydrogen-bond acceptors (Lipinski definition) is 5. The van der Waals surface area contributed by atoms with Crippen molar-refractivity contribution in [1.29, 1.82) is 0 Å². The highest BCUT2D eigenvalue weighted by Gasteiger charge is 2.16. The number of hydrogen-bond donors (Lipinski definition) is 1. The van der Waals surface area contributed by atoms with Gasteiger partial charge in [-0.3, -0.25) is 9.59 Å². The van der Waals surface area contributed by atoms with Gasteiger partial charge >= 0.3 is 11.9 Å². The highest BCUT2D eigenvalue weighted by atomic mass is 16.6. The summed E-state index contributed by atoms with van der Waals surface area (Å²) >= 11 is 0. The summed E-state index contributed by atoms with van der Waals surface area (Å²) in [5.41, 5.74) is 0. The fraction of sp³-hybridized carbons (Fsp3) is 0.815. The smallest absolute Gasteiger partial charge is 0.306 e. The largest absolute Gasteiger partial charge is 0.462 e. The van der Waals surface area contributed by atoms with Gasteiger partial charge in [0.15, 0.2) is 6.10 Å². The Bertz CT molecular complexity index is 1200. The summed E-state index contributed by atoms with van der Waals surface area (Å²) in [6.07, 6.45) is 82.4. The maximum Gasteiger partial charge on any atom is 0.306 e. The van der Waals surface area contributed by atoms with Crippen molar-refractivity contribution in [1.82, 2.24) is 0 Å². The van der Waals surface area contributed by atoms with Crippen molar-refractivity contribution in [2.24, 2.45) is 0 Å². The molecule has 0 aromatic rings. The normalized spacial score (nSPS) is 12.6. The fourth-order valence-corrected chi connectivity index (χ4v) is 9.19. The van der Waals surface area contributed by atoms with Gasteiger partial charge < -0.3 is 14.6 Å². The Morgan fingerprint density at radius 3 is 0.943 bits per heavy atom. The second-order valence-corrected chi connectivity index (χ2v) is 20.8. The second-order valence-electron chi connectivity index (χ2n) is 20.8. The van der Waals surface area contributed by atoms with Crippen molar-refractivity contribution in [3.05, 3.63) is 60.8 Å². The first-order chi connectivity index (χ1) is 34.6. The third kappa shape index (κ3) is 58.2. The molecule has 5 heteroatoms. The van der Waals surface area contributed by atoms with Gasteiger partial charge in [-0.25, -0.2) is 0 Å². The first-order valence-electron chi connectivity index (χ1n) is 30.8. The zero-order valence-corrected chi connectivity index (χ0v) is 46.8. The van der Waals surface area contributed by atoms with E-state index in [0.717, 1.165) is 77.0 Å². The minimum Gasteiger partial charge on any atom is -0.462 e. The number of carbonyl (C=O) groups is 2. The van der Waals surface area contributed by atoms with Crippen LogP contribution in [0.5, 0.6) is 0 Å². The minimum atomic E-state index is -0.786. The van der Waals surface area contributed by atoms with Crippen LogP contribution in [0.15, 0.2) is 60.8 Å². The lowest BCUT2D eigenvalue weighted by Gasteiger charge is -2.15. The molecule has 0 amide bonds. The molecule has 0 heterocycles. The molecule has 1 atom stereocenters. The van der Waals surface area contributed by atoms with Gasteiger partial charge in [-0.15, -0.1) is 0 Å². The van der Waals surface area contributed by atoms with Crippen LogP contribution in [0.2, 0.25) is 0 Å². The Labute approximate surface area is 436 Å². The molecular weight excluding hydrogens is 861 g/mol. The summed E-state index contributed by atoms with van der Waals surface area (Å²) < 4.78 is 10.7. The van der Waals surface area contributed by atoms with Crippen molar-refractivity contribution in [2.45, 2.75) is 328 Å². The third-order valence-corrected chi connectivity index (χ3v) is 13.8. The molecule has 0 saturated heterocycles. The predicted octanol–water partition coefficient (Wildman–Crippen LogP) is 21.0. The Morgan fingerprint density at radius 1 is 0.343 bits per heavy atom. The van der Waals surface area contributed by atoms with E-state index in [1.165, 1.54) is 218 Å². The van der Waals surface area contributed by atoms with Gasteiger partial charge in [0, 0.05) is 12.8 Å². The van der Waals surface area contributed by atoms with Crippen molar-refractivity contribution in [3.63, 3.8) is 0 Å². The lowest BCUT2D eigenvalue weighted by Crippen LogP contribution is -2.28. The first kappa shape index (κ1) is 67.6. The topological polar surface area (TPSA) is 72.8 Å². The molecular formula is C65H118O5. The third-order valence-electron chi connectivity index (χ3n) is 13.8. The van der Waals surface area contributed by atoms with Gasteiger partial charge in [0.2, 0.25) is 0 Å². The SMILES string of the molecule is CC/C=C\C/C=C\C/C=C\C/C=C\CCCCCCC(=O)OC(CO)COC(=O)CCCCCCCCCCCCCCCCCCCCCCCCCCCCC/C=C\CCCCCCCCCC. The molecule has 0 fully saturated rings. The number of carbonyl (C=O) groups excluding carboxylic acids is 2. The molecule has 5 nitrogen and oxygen atoms in total. The molecule has 0 rings (SSSR count). The van der Waals surface area contributed by atoms with Crippen LogP contribution in [0.3, 0.4) is 0 Å². The van der Waals surface area contributed by atoms with E-state index in [0.29, 0.717) is 12.8 Å². The summed E-state index contributed by atoms with van der Waals surface area (Å²) in [6.45, 7) is 4.04. The van der Waals surface area contributed by atoms with E-state index in [2.05, 4.69) is 74.6 Å². The Hall–Kier alpha value is -2.40. The Balaban J connectivity index is 3.39. The molecule has 0 bridgehead atoms. The average molecular weight is 980 g/mol. The van der Waals surface area contributed by atoms with E-state index in [4.69, 9.17) is 9.47 Å². The molecule has 0 spiro atoms. The summed E-state index contributed by atoms with van der Waals surface area (Å²) in [7, 11) is 0. The number of unbranched alkanes of at least 4 members (excludes halogenated alkanes) is 39. The Kier molecular flexibility index (Phi) is 58.8. The lowest BCUT2D eigenvalue weighted by molar-refractivity contribution is -0.161.